The Morgan fingerprint density at radius 3 is 2.71 bits per heavy atom. The molecule has 0 bridgehead atoms. The fourth-order valence-electron chi connectivity index (χ4n) is 3.28. The van der Waals surface area contributed by atoms with E-state index in [1.54, 1.807) is 11.6 Å². The maximum Gasteiger partial charge on any atom is 0.165 e. The highest BCUT2D eigenvalue weighted by Gasteiger charge is 2.16. The Morgan fingerprint density at radius 2 is 2.06 bits per heavy atom. The van der Waals surface area contributed by atoms with E-state index in [0.29, 0.717) is 0 Å². The number of halogens is 1. The molecule has 0 spiro atoms. The molecule has 0 aliphatic carbocycles. The normalized spacial score (nSPS) is 11.2. The van der Waals surface area contributed by atoms with Crippen LogP contribution in [0.25, 0.3) is 17.3 Å². The summed E-state index contributed by atoms with van der Waals surface area (Å²) in [7, 11) is 3.23. The van der Waals surface area contributed by atoms with E-state index in [1.807, 2.05) is 30.6 Å². The molecular formula is C24H32BrN5O. The summed E-state index contributed by atoms with van der Waals surface area (Å²) in [6.07, 6.45) is 8.77. The maximum atomic E-state index is 5.20. The highest BCUT2D eigenvalue weighted by Crippen LogP contribution is 2.29. The number of benzene rings is 1. The number of rotatable bonds is 9. The van der Waals surface area contributed by atoms with E-state index in [9.17, 15) is 0 Å². The summed E-state index contributed by atoms with van der Waals surface area (Å²) in [5.74, 6) is 0.914. The number of fused-ring (bicyclic) bond motifs is 1. The van der Waals surface area contributed by atoms with Gasteiger partial charge in [0, 0.05) is 38.6 Å². The van der Waals surface area contributed by atoms with Gasteiger partial charge >= 0.3 is 0 Å². The Morgan fingerprint density at radius 1 is 1.32 bits per heavy atom. The van der Waals surface area contributed by atoms with E-state index in [0.717, 1.165) is 58.8 Å². The molecule has 3 aromatic rings. The molecule has 1 aromatic carbocycles. The lowest BCUT2D eigenvalue weighted by Gasteiger charge is -2.23. The minimum atomic E-state index is 0.730. The molecule has 31 heavy (non-hydrogen) atoms. The molecule has 2 aromatic heterocycles. The predicted molar refractivity (Wildman–Crippen MR) is 134 cm³/mol. The average Bonchev–Trinajstić information content (AvgIpc) is 3.20. The molecule has 6 nitrogen and oxygen atoms in total. The fourth-order valence-corrected chi connectivity index (χ4v) is 3.82. The number of nitrogens with two attached hydrogens (primary N) is 1. The third kappa shape index (κ3) is 6.03. The van der Waals surface area contributed by atoms with Gasteiger partial charge in [0.05, 0.1) is 10.7 Å². The van der Waals surface area contributed by atoms with E-state index in [4.69, 9.17) is 9.72 Å². The van der Waals surface area contributed by atoms with Crippen molar-refractivity contribution in [3.05, 3.63) is 70.5 Å². The second-order valence-electron chi connectivity index (χ2n) is 6.83. The topological polar surface area (TPSA) is 68.7 Å². The molecule has 0 aliphatic heterocycles. The minimum Gasteiger partial charge on any atom is -0.385 e. The number of hydrogen-bond acceptors (Lipinski definition) is 5. The van der Waals surface area contributed by atoms with Crippen LogP contribution in [0.2, 0.25) is 0 Å². The third-order valence-electron chi connectivity index (χ3n) is 4.92. The highest BCUT2D eigenvalue weighted by atomic mass is 79.9. The van der Waals surface area contributed by atoms with Crippen molar-refractivity contribution >= 4 is 39.0 Å². The molecular weight excluding hydrogens is 454 g/mol. The third-order valence-corrected chi connectivity index (χ3v) is 5.48. The number of nitrogens with zero attached hydrogens (tertiary/aromatic N) is 4. The quantitative estimate of drug-likeness (QED) is 0.342. The van der Waals surface area contributed by atoms with Crippen molar-refractivity contribution in [1.82, 2.24) is 14.6 Å². The van der Waals surface area contributed by atoms with Gasteiger partial charge < -0.3 is 15.4 Å². The van der Waals surface area contributed by atoms with Crippen molar-refractivity contribution in [3.63, 3.8) is 0 Å². The molecule has 2 heterocycles. The number of aryl methyl sites for hydroxylation is 1. The maximum absolute atomic E-state index is 5.20. The van der Waals surface area contributed by atoms with Crippen LogP contribution in [0.5, 0.6) is 0 Å². The molecule has 3 rings (SSSR count). The van der Waals surface area contributed by atoms with Crippen LogP contribution < -0.4 is 10.6 Å². The first kappa shape index (κ1) is 24.8. The van der Waals surface area contributed by atoms with E-state index in [1.165, 1.54) is 12.6 Å². The van der Waals surface area contributed by atoms with Crippen molar-refractivity contribution < 1.29 is 4.74 Å². The van der Waals surface area contributed by atoms with Gasteiger partial charge in [-0.1, -0.05) is 36.9 Å². The van der Waals surface area contributed by atoms with Gasteiger partial charge in [0.1, 0.15) is 5.82 Å². The summed E-state index contributed by atoms with van der Waals surface area (Å²) in [5.41, 5.74) is 9.65. The van der Waals surface area contributed by atoms with Crippen LogP contribution in [0.1, 0.15) is 30.0 Å². The first-order chi connectivity index (χ1) is 15.1. The number of aromatic nitrogens is 3. The van der Waals surface area contributed by atoms with Gasteiger partial charge in [-0.25, -0.2) is 9.50 Å². The number of anilines is 1. The van der Waals surface area contributed by atoms with Gasteiger partial charge in [-0.05, 0) is 66.0 Å². The molecule has 0 saturated carbocycles. The van der Waals surface area contributed by atoms with E-state index >= 15 is 0 Å². The second-order valence-corrected chi connectivity index (χ2v) is 7.68. The Labute approximate surface area is 193 Å². The van der Waals surface area contributed by atoms with Gasteiger partial charge in [0.25, 0.3) is 0 Å². The van der Waals surface area contributed by atoms with Gasteiger partial charge in [0.2, 0.25) is 0 Å². The summed E-state index contributed by atoms with van der Waals surface area (Å²) in [6.45, 7) is 10.7. The van der Waals surface area contributed by atoms with Gasteiger partial charge in [-0.3, -0.25) is 0 Å². The SMILES string of the molecule is C=C/C(=C\c1ccccc1C)c1cnn2cc(Br)c(N(CC)CCCOC)nc12.CN. The highest BCUT2D eigenvalue weighted by molar-refractivity contribution is 9.10. The molecule has 0 aliphatic rings. The molecule has 7 heteroatoms. The summed E-state index contributed by atoms with van der Waals surface area (Å²) >= 11 is 3.66. The second kappa shape index (κ2) is 12.4. The molecule has 166 valence electrons. The van der Waals surface area contributed by atoms with Crippen LogP contribution in [-0.4, -0.2) is 48.5 Å². The van der Waals surface area contributed by atoms with Crippen molar-refractivity contribution in [1.29, 1.82) is 0 Å². The molecule has 2 N–H and O–H groups in total. The molecule has 0 atom stereocenters. The zero-order valence-electron chi connectivity index (χ0n) is 18.8. The average molecular weight is 486 g/mol. The van der Waals surface area contributed by atoms with Crippen molar-refractivity contribution in [2.45, 2.75) is 20.3 Å². The number of ether oxygens (including phenoxy) is 1. The standard InChI is InChI=1S/C23H27BrN4O.CH5N/c1-5-18(14-19-11-8-7-10-17(19)3)20-15-25-28-16-21(24)23(26-22(20)28)27(6-2)12-9-13-29-4;1-2/h5,7-8,10-11,14-16H,1,6,9,12-13H2,2-4H3;2H2,1H3/b18-14+;. The first-order valence-electron chi connectivity index (χ1n) is 10.3. The minimum absolute atomic E-state index is 0.730. The first-order valence-corrected chi connectivity index (χ1v) is 11.1. The van der Waals surface area contributed by atoms with Crippen LogP contribution in [-0.2, 0) is 4.74 Å². The number of methoxy groups -OCH3 is 1. The lowest BCUT2D eigenvalue weighted by Crippen LogP contribution is -2.26. The monoisotopic (exact) mass is 485 g/mol. The predicted octanol–water partition coefficient (Wildman–Crippen LogP) is 4.96. The molecule has 0 saturated heterocycles. The molecule has 0 unspecified atom stereocenters. The van der Waals surface area contributed by atoms with Gasteiger partial charge in [-0.2, -0.15) is 5.10 Å². The lowest BCUT2D eigenvalue weighted by atomic mass is 10.0. The zero-order valence-corrected chi connectivity index (χ0v) is 20.4. The number of hydrogen-bond donors (Lipinski definition) is 1. The Kier molecular flexibility index (Phi) is 9.91. The van der Waals surface area contributed by atoms with E-state index in [-0.39, 0.29) is 0 Å². The fraction of sp³-hybridized carbons (Fsp3) is 0.333. The van der Waals surface area contributed by atoms with Crippen LogP contribution in [0.4, 0.5) is 5.82 Å². The van der Waals surface area contributed by atoms with Crippen LogP contribution >= 0.6 is 15.9 Å². The molecule has 0 radical (unpaired) electrons. The van der Waals surface area contributed by atoms with Crippen molar-refractivity contribution in [2.75, 3.05) is 38.8 Å². The van der Waals surface area contributed by atoms with E-state index in [2.05, 4.69) is 70.3 Å². The van der Waals surface area contributed by atoms with Crippen LogP contribution in [0.15, 0.2) is 53.8 Å². The smallest absolute Gasteiger partial charge is 0.165 e. The van der Waals surface area contributed by atoms with E-state index < -0.39 is 0 Å². The lowest BCUT2D eigenvalue weighted by molar-refractivity contribution is 0.196. The van der Waals surface area contributed by atoms with Gasteiger partial charge in [0.15, 0.2) is 5.65 Å². The number of allylic oxidation sites excluding steroid dienone is 2. The van der Waals surface area contributed by atoms with Crippen molar-refractivity contribution in [2.24, 2.45) is 5.73 Å². The Balaban J connectivity index is 0.00000166. The largest absolute Gasteiger partial charge is 0.385 e. The Hall–Kier alpha value is -2.48. The Bertz CT molecular complexity index is 1030. The summed E-state index contributed by atoms with van der Waals surface area (Å²) < 4.78 is 7.93. The van der Waals surface area contributed by atoms with Gasteiger partial charge in [-0.15, -0.1) is 0 Å². The zero-order chi connectivity index (χ0) is 22.8. The summed E-state index contributed by atoms with van der Waals surface area (Å²) in [6, 6.07) is 8.30. The van der Waals surface area contributed by atoms with Crippen molar-refractivity contribution in [3.8, 4) is 0 Å². The molecule has 0 fully saturated rings. The van der Waals surface area contributed by atoms with Crippen LogP contribution in [0, 0.1) is 6.92 Å². The summed E-state index contributed by atoms with van der Waals surface area (Å²) in [4.78, 5) is 7.22. The summed E-state index contributed by atoms with van der Waals surface area (Å²) in [5, 5.41) is 4.51. The molecule has 0 amide bonds. The van der Waals surface area contributed by atoms with Crippen LogP contribution in [0.3, 0.4) is 0 Å².